The fourth-order valence-electron chi connectivity index (χ4n) is 2.21. The van der Waals surface area contributed by atoms with Gasteiger partial charge in [-0.05, 0) is 43.0 Å². The topological polar surface area (TPSA) is 73.9 Å². The van der Waals surface area contributed by atoms with E-state index in [2.05, 4.69) is 5.32 Å². The molecule has 2 aromatic rings. The molecule has 1 amide bonds. The van der Waals surface area contributed by atoms with Crippen molar-refractivity contribution in [2.75, 3.05) is 18.5 Å². The van der Waals surface area contributed by atoms with Crippen molar-refractivity contribution in [3.8, 4) is 11.5 Å². The molecule has 126 valence electrons. The van der Waals surface area contributed by atoms with Crippen molar-refractivity contribution in [3.05, 3.63) is 40.1 Å². The second kappa shape index (κ2) is 6.92. The number of hydrogen-bond acceptors (Lipinski definition) is 6. The van der Waals surface area contributed by atoms with Crippen LogP contribution in [0.3, 0.4) is 0 Å². The van der Waals surface area contributed by atoms with E-state index >= 15 is 0 Å². The zero-order chi connectivity index (χ0) is 17.1. The number of nitrogens with one attached hydrogen (secondary N) is 1. The molecule has 0 unspecified atom stereocenters. The zero-order valence-corrected chi connectivity index (χ0v) is 14.1. The van der Waals surface area contributed by atoms with Gasteiger partial charge in [0.2, 0.25) is 0 Å². The van der Waals surface area contributed by atoms with Gasteiger partial charge in [-0.3, -0.25) is 4.79 Å². The van der Waals surface area contributed by atoms with Crippen LogP contribution in [0.2, 0.25) is 0 Å². The Morgan fingerprint density at radius 1 is 1.21 bits per heavy atom. The molecule has 0 spiro atoms. The third-order valence-corrected chi connectivity index (χ3v) is 4.51. The summed E-state index contributed by atoms with van der Waals surface area (Å²) in [7, 11) is 0. The van der Waals surface area contributed by atoms with E-state index in [1.54, 1.807) is 18.2 Å². The highest BCUT2D eigenvalue weighted by Gasteiger charge is 2.21. The Hall–Kier alpha value is -2.54. The molecule has 1 atom stereocenters. The van der Waals surface area contributed by atoms with Crippen LogP contribution in [-0.4, -0.2) is 31.2 Å². The smallest absolute Gasteiger partial charge is 0.349 e. The molecule has 24 heavy (non-hydrogen) atoms. The highest BCUT2D eigenvalue weighted by atomic mass is 32.1. The van der Waals surface area contributed by atoms with E-state index in [4.69, 9.17) is 14.2 Å². The van der Waals surface area contributed by atoms with Crippen molar-refractivity contribution in [1.29, 1.82) is 0 Å². The van der Waals surface area contributed by atoms with Crippen molar-refractivity contribution in [3.63, 3.8) is 0 Å². The lowest BCUT2D eigenvalue weighted by Gasteiger charge is -2.19. The molecule has 0 fully saturated rings. The standard InChI is InChI=1S/C17H17NO5S/c1-10-5-8-24-15(10)17(20)23-11(2)16(19)18-12-3-4-13-14(9-12)22-7-6-21-13/h3-5,8-9,11H,6-7H2,1-2H3,(H,18,19)/t11-/m0/s1. The van der Waals surface area contributed by atoms with Crippen LogP contribution in [0.25, 0.3) is 0 Å². The van der Waals surface area contributed by atoms with Crippen LogP contribution in [-0.2, 0) is 9.53 Å². The Morgan fingerprint density at radius 3 is 2.67 bits per heavy atom. The van der Waals surface area contributed by atoms with Crippen molar-refractivity contribution in [2.45, 2.75) is 20.0 Å². The molecule has 1 aliphatic heterocycles. The van der Waals surface area contributed by atoms with Gasteiger partial charge < -0.3 is 19.5 Å². The monoisotopic (exact) mass is 347 g/mol. The van der Waals surface area contributed by atoms with Crippen LogP contribution in [0.4, 0.5) is 5.69 Å². The first kappa shape index (κ1) is 16.3. The molecular formula is C17H17NO5S. The van der Waals surface area contributed by atoms with E-state index in [0.29, 0.717) is 35.3 Å². The van der Waals surface area contributed by atoms with Gasteiger partial charge in [0.25, 0.3) is 5.91 Å². The van der Waals surface area contributed by atoms with E-state index < -0.39 is 18.0 Å². The maximum absolute atomic E-state index is 12.2. The minimum Gasteiger partial charge on any atom is -0.486 e. The number of thiophene rings is 1. The highest BCUT2D eigenvalue weighted by Crippen LogP contribution is 2.32. The van der Waals surface area contributed by atoms with E-state index in [1.807, 2.05) is 18.4 Å². The fourth-order valence-corrected chi connectivity index (χ4v) is 3.02. The number of carbonyl (C=O) groups is 2. The summed E-state index contributed by atoms with van der Waals surface area (Å²) in [5, 5.41) is 4.52. The number of hydrogen-bond donors (Lipinski definition) is 1. The number of anilines is 1. The minimum absolute atomic E-state index is 0.408. The summed E-state index contributed by atoms with van der Waals surface area (Å²) >= 11 is 1.29. The largest absolute Gasteiger partial charge is 0.486 e. The Balaban J connectivity index is 1.62. The first-order valence-electron chi connectivity index (χ1n) is 7.50. The predicted molar refractivity (Wildman–Crippen MR) is 90.0 cm³/mol. The summed E-state index contributed by atoms with van der Waals surface area (Å²) in [5.74, 6) is 0.325. The van der Waals surface area contributed by atoms with Crippen molar-refractivity contribution >= 4 is 28.9 Å². The highest BCUT2D eigenvalue weighted by molar-refractivity contribution is 7.12. The van der Waals surface area contributed by atoms with E-state index in [1.165, 1.54) is 18.3 Å². The van der Waals surface area contributed by atoms with E-state index in [0.717, 1.165) is 5.56 Å². The number of aryl methyl sites for hydroxylation is 1. The Bertz CT molecular complexity index is 770. The zero-order valence-electron chi connectivity index (χ0n) is 13.3. The van der Waals surface area contributed by atoms with Crippen LogP contribution < -0.4 is 14.8 Å². The number of amides is 1. The lowest BCUT2D eigenvalue weighted by Crippen LogP contribution is -2.30. The second-order valence-corrected chi connectivity index (χ2v) is 6.24. The van der Waals surface area contributed by atoms with Crippen molar-refractivity contribution < 1.29 is 23.8 Å². The molecule has 1 aliphatic rings. The maximum atomic E-state index is 12.2. The number of ether oxygens (including phenoxy) is 3. The molecule has 6 nitrogen and oxygen atoms in total. The molecule has 0 aliphatic carbocycles. The molecule has 0 saturated heterocycles. The molecule has 0 bridgehead atoms. The summed E-state index contributed by atoms with van der Waals surface area (Å²) in [6.45, 7) is 4.34. The average Bonchev–Trinajstić information content (AvgIpc) is 3.00. The third kappa shape index (κ3) is 3.51. The van der Waals surface area contributed by atoms with Crippen LogP contribution in [0.15, 0.2) is 29.6 Å². The van der Waals surface area contributed by atoms with Gasteiger partial charge in [-0.25, -0.2) is 4.79 Å². The van der Waals surface area contributed by atoms with Gasteiger partial charge in [-0.1, -0.05) is 0 Å². The molecule has 1 N–H and O–H groups in total. The molecule has 0 radical (unpaired) electrons. The van der Waals surface area contributed by atoms with Crippen LogP contribution in [0, 0.1) is 6.92 Å². The SMILES string of the molecule is Cc1ccsc1C(=O)O[C@@H](C)C(=O)Nc1ccc2c(c1)OCCO2. The first-order chi connectivity index (χ1) is 11.5. The Labute approximate surface area is 143 Å². The summed E-state index contributed by atoms with van der Waals surface area (Å²) in [6, 6.07) is 6.96. The Morgan fingerprint density at radius 2 is 1.96 bits per heavy atom. The second-order valence-electron chi connectivity index (χ2n) is 5.33. The lowest BCUT2D eigenvalue weighted by atomic mass is 10.2. The third-order valence-electron chi connectivity index (χ3n) is 3.51. The van der Waals surface area contributed by atoms with E-state index in [9.17, 15) is 9.59 Å². The van der Waals surface area contributed by atoms with Gasteiger partial charge in [0.05, 0.1) is 0 Å². The molecular weight excluding hydrogens is 330 g/mol. The van der Waals surface area contributed by atoms with Gasteiger partial charge in [-0.2, -0.15) is 0 Å². The predicted octanol–water partition coefficient (Wildman–Crippen LogP) is 3.01. The van der Waals surface area contributed by atoms with Crippen LogP contribution in [0.1, 0.15) is 22.2 Å². The van der Waals surface area contributed by atoms with Crippen LogP contribution in [0.5, 0.6) is 11.5 Å². The molecule has 1 aromatic carbocycles. The molecule has 3 rings (SSSR count). The normalized spacial score (nSPS) is 13.9. The van der Waals surface area contributed by atoms with Gasteiger partial charge in [-0.15, -0.1) is 11.3 Å². The quantitative estimate of drug-likeness (QED) is 0.861. The number of rotatable bonds is 4. The summed E-state index contributed by atoms with van der Waals surface area (Å²) < 4.78 is 16.1. The molecule has 1 aromatic heterocycles. The number of benzene rings is 1. The Kier molecular flexibility index (Phi) is 4.71. The van der Waals surface area contributed by atoms with Gasteiger partial charge in [0, 0.05) is 11.8 Å². The van der Waals surface area contributed by atoms with E-state index in [-0.39, 0.29) is 0 Å². The molecule has 2 heterocycles. The number of esters is 1. The molecule has 7 heteroatoms. The van der Waals surface area contributed by atoms with Gasteiger partial charge >= 0.3 is 5.97 Å². The van der Waals surface area contributed by atoms with Gasteiger partial charge in [0.1, 0.15) is 18.1 Å². The fraction of sp³-hybridized carbons (Fsp3) is 0.294. The average molecular weight is 347 g/mol. The van der Waals surface area contributed by atoms with Gasteiger partial charge in [0.15, 0.2) is 17.6 Å². The van der Waals surface area contributed by atoms with Crippen LogP contribution >= 0.6 is 11.3 Å². The number of fused-ring (bicyclic) bond motifs is 1. The number of carbonyl (C=O) groups excluding carboxylic acids is 2. The maximum Gasteiger partial charge on any atom is 0.349 e. The summed E-state index contributed by atoms with van der Waals surface area (Å²) in [6.07, 6.45) is -0.910. The van der Waals surface area contributed by atoms with Crippen molar-refractivity contribution in [2.24, 2.45) is 0 Å². The summed E-state index contributed by atoms with van der Waals surface area (Å²) in [4.78, 5) is 24.8. The first-order valence-corrected chi connectivity index (χ1v) is 8.38. The minimum atomic E-state index is -0.910. The lowest BCUT2D eigenvalue weighted by molar-refractivity contribution is -0.123. The summed E-state index contributed by atoms with van der Waals surface area (Å²) in [5.41, 5.74) is 1.39. The molecule has 0 saturated carbocycles. The van der Waals surface area contributed by atoms with Crippen molar-refractivity contribution in [1.82, 2.24) is 0 Å².